The van der Waals surface area contributed by atoms with Crippen molar-refractivity contribution in [2.75, 3.05) is 28.4 Å². The van der Waals surface area contributed by atoms with Gasteiger partial charge in [-0.3, -0.25) is 0 Å². The van der Waals surface area contributed by atoms with Gasteiger partial charge in [-0.1, -0.05) is 50.2 Å². The van der Waals surface area contributed by atoms with E-state index in [9.17, 15) is 0 Å². The predicted octanol–water partition coefficient (Wildman–Crippen LogP) is 6.34. The lowest BCUT2D eigenvalue weighted by molar-refractivity contribution is 0.355. The SMILES string of the molecule is CC.COc1cc(OC)cc(/C(=C/c2ccccc2)c2ccc(OC)c(OC)c2)c1. The summed E-state index contributed by atoms with van der Waals surface area (Å²) in [6, 6.07) is 21.9. The standard InChI is InChI=1S/C24H24O4.C2H6/c1-25-20-13-19(14-21(16-20)26-2)22(12-17-8-6-5-7-9-17)18-10-11-23(27-3)24(15-18)28-4;1-2/h5-16H,1-4H3;1-2H3/b22-12+;. The molecule has 0 fully saturated rings. The highest BCUT2D eigenvalue weighted by Gasteiger charge is 2.13. The van der Waals surface area contributed by atoms with E-state index in [0.29, 0.717) is 11.5 Å². The molecule has 4 heteroatoms. The summed E-state index contributed by atoms with van der Waals surface area (Å²) < 4.78 is 21.8. The molecule has 0 radical (unpaired) electrons. The Bertz CT molecular complexity index is 940. The average Bonchev–Trinajstić information content (AvgIpc) is 2.83. The quantitative estimate of drug-likeness (QED) is 0.429. The Morgan fingerprint density at radius 2 is 1.20 bits per heavy atom. The molecule has 4 nitrogen and oxygen atoms in total. The van der Waals surface area contributed by atoms with Gasteiger partial charge >= 0.3 is 0 Å². The molecule has 0 aliphatic carbocycles. The largest absolute Gasteiger partial charge is 0.497 e. The van der Waals surface area contributed by atoms with E-state index >= 15 is 0 Å². The molecule has 3 aromatic rings. The third-order valence-electron chi connectivity index (χ3n) is 4.47. The van der Waals surface area contributed by atoms with Crippen molar-refractivity contribution in [3.8, 4) is 23.0 Å². The third-order valence-corrected chi connectivity index (χ3v) is 4.47. The van der Waals surface area contributed by atoms with Crippen LogP contribution in [-0.2, 0) is 0 Å². The highest BCUT2D eigenvalue weighted by molar-refractivity contribution is 5.92. The van der Waals surface area contributed by atoms with Gasteiger partial charge in [0, 0.05) is 6.07 Å². The van der Waals surface area contributed by atoms with E-state index in [2.05, 4.69) is 18.2 Å². The molecule has 3 aromatic carbocycles. The first-order valence-electron chi connectivity index (χ1n) is 9.91. The second-order valence-electron chi connectivity index (χ2n) is 6.14. The van der Waals surface area contributed by atoms with Crippen LogP contribution in [0.5, 0.6) is 23.0 Å². The summed E-state index contributed by atoms with van der Waals surface area (Å²) in [5, 5.41) is 0. The van der Waals surface area contributed by atoms with Crippen molar-refractivity contribution in [1.29, 1.82) is 0 Å². The van der Waals surface area contributed by atoms with Gasteiger partial charge in [-0.25, -0.2) is 0 Å². The molecule has 0 aliphatic heterocycles. The number of rotatable bonds is 7. The average molecular weight is 407 g/mol. The van der Waals surface area contributed by atoms with E-state index < -0.39 is 0 Å². The maximum atomic E-state index is 5.50. The number of hydrogen-bond donors (Lipinski definition) is 0. The third kappa shape index (κ3) is 5.57. The molecule has 0 aromatic heterocycles. The lowest BCUT2D eigenvalue weighted by Gasteiger charge is -2.15. The molecule has 0 bridgehead atoms. The summed E-state index contributed by atoms with van der Waals surface area (Å²) in [5.74, 6) is 2.82. The van der Waals surface area contributed by atoms with Gasteiger partial charge in [-0.2, -0.15) is 0 Å². The zero-order chi connectivity index (χ0) is 21.9. The van der Waals surface area contributed by atoms with Crippen molar-refractivity contribution in [1.82, 2.24) is 0 Å². The van der Waals surface area contributed by atoms with Crippen LogP contribution < -0.4 is 18.9 Å². The molecule has 0 atom stereocenters. The van der Waals surface area contributed by atoms with Crippen LogP contribution >= 0.6 is 0 Å². The number of ether oxygens (including phenoxy) is 4. The molecule has 3 rings (SSSR count). The topological polar surface area (TPSA) is 36.9 Å². The molecule has 0 saturated heterocycles. The second kappa shape index (κ2) is 11.6. The maximum Gasteiger partial charge on any atom is 0.161 e. The summed E-state index contributed by atoms with van der Waals surface area (Å²) >= 11 is 0. The van der Waals surface area contributed by atoms with Crippen molar-refractivity contribution in [3.63, 3.8) is 0 Å². The van der Waals surface area contributed by atoms with Crippen molar-refractivity contribution >= 4 is 11.6 Å². The Morgan fingerprint density at radius 3 is 1.73 bits per heavy atom. The Morgan fingerprint density at radius 1 is 0.600 bits per heavy atom. The van der Waals surface area contributed by atoms with Crippen LogP contribution in [0.25, 0.3) is 11.6 Å². The Hall–Kier alpha value is -3.40. The van der Waals surface area contributed by atoms with Crippen LogP contribution in [0.2, 0.25) is 0 Å². The van der Waals surface area contributed by atoms with Gasteiger partial charge in [0.25, 0.3) is 0 Å². The van der Waals surface area contributed by atoms with E-state index in [4.69, 9.17) is 18.9 Å². The van der Waals surface area contributed by atoms with Gasteiger partial charge in [0.15, 0.2) is 11.5 Å². The maximum absolute atomic E-state index is 5.50. The van der Waals surface area contributed by atoms with Crippen LogP contribution in [0.1, 0.15) is 30.5 Å². The fourth-order valence-electron chi connectivity index (χ4n) is 3.02. The summed E-state index contributed by atoms with van der Waals surface area (Å²) in [6.45, 7) is 4.00. The van der Waals surface area contributed by atoms with Crippen LogP contribution in [0.15, 0.2) is 66.7 Å². The Labute approximate surface area is 179 Å². The lowest BCUT2D eigenvalue weighted by Crippen LogP contribution is -1.95. The van der Waals surface area contributed by atoms with Crippen LogP contribution in [0.3, 0.4) is 0 Å². The molecule has 0 heterocycles. The minimum absolute atomic E-state index is 0.675. The molecule has 30 heavy (non-hydrogen) atoms. The zero-order valence-corrected chi connectivity index (χ0v) is 18.6. The molecule has 0 N–H and O–H groups in total. The summed E-state index contributed by atoms with van der Waals surface area (Å²) in [4.78, 5) is 0. The minimum Gasteiger partial charge on any atom is -0.497 e. The van der Waals surface area contributed by atoms with Crippen LogP contribution in [0.4, 0.5) is 0 Å². The van der Waals surface area contributed by atoms with Crippen molar-refractivity contribution < 1.29 is 18.9 Å². The normalized spacial score (nSPS) is 10.5. The molecule has 0 unspecified atom stereocenters. The first-order valence-corrected chi connectivity index (χ1v) is 9.91. The molecule has 0 aliphatic rings. The number of methoxy groups -OCH3 is 4. The first kappa shape index (κ1) is 22.9. The highest BCUT2D eigenvalue weighted by atomic mass is 16.5. The van der Waals surface area contributed by atoms with Crippen molar-refractivity contribution in [2.45, 2.75) is 13.8 Å². The van der Waals surface area contributed by atoms with Gasteiger partial charge in [-0.15, -0.1) is 0 Å². The lowest BCUT2D eigenvalue weighted by atomic mass is 9.95. The van der Waals surface area contributed by atoms with E-state index in [0.717, 1.165) is 33.8 Å². The zero-order valence-electron chi connectivity index (χ0n) is 18.6. The summed E-state index contributed by atoms with van der Waals surface area (Å²) in [6.07, 6.45) is 2.13. The van der Waals surface area contributed by atoms with Gasteiger partial charge < -0.3 is 18.9 Å². The Kier molecular flexibility index (Phi) is 8.82. The molecule has 158 valence electrons. The molecular weight excluding hydrogens is 376 g/mol. The Balaban J connectivity index is 0.00000155. The minimum atomic E-state index is 0.675. The first-order chi connectivity index (χ1) is 14.7. The molecule has 0 amide bonds. The monoisotopic (exact) mass is 406 g/mol. The second-order valence-corrected chi connectivity index (χ2v) is 6.14. The van der Waals surface area contributed by atoms with Crippen LogP contribution in [0, 0.1) is 0 Å². The fourth-order valence-corrected chi connectivity index (χ4v) is 3.02. The van der Waals surface area contributed by atoms with Gasteiger partial charge in [0.05, 0.1) is 28.4 Å². The summed E-state index contributed by atoms with van der Waals surface area (Å²) in [5.41, 5.74) is 4.09. The van der Waals surface area contributed by atoms with Crippen molar-refractivity contribution in [3.05, 3.63) is 83.4 Å². The van der Waals surface area contributed by atoms with E-state index in [1.54, 1.807) is 28.4 Å². The molecule has 0 saturated carbocycles. The van der Waals surface area contributed by atoms with Gasteiger partial charge in [0.1, 0.15) is 11.5 Å². The van der Waals surface area contributed by atoms with E-state index in [-0.39, 0.29) is 0 Å². The molecule has 0 spiro atoms. The van der Waals surface area contributed by atoms with Crippen LogP contribution in [-0.4, -0.2) is 28.4 Å². The highest BCUT2D eigenvalue weighted by Crippen LogP contribution is 2.36. The van der Waals surface area contributed by atoms with Gasteiger partial charge in [-0.05, 0) is 52.6 Å². The number of benzene rings is 3. The van der Waals surface area contributed by atoms with Gasteiger partial charge in [0.2, 0.25) is 0 Å². The summed E-state index contributed by atoms with van der Waals surface area (Å²) in [7, 11) is 6.56. The molecular formula is C26H30O4. The fraction of sp³-hybridized carbons (Fsp3) is 0.231. The van der Waals surface area contributed by atoms with E-state index in [1.807, 2.05) is 68.4 Å². The smallest absolute Gasteiger partial charge is 0.161 e. The number of hydrogen-bond acceptors (Lipinski definition) is 4. The van der Waals surface area contributed by atoms with Crippen molar-refractivity contribution in [2.24, 2.45) is 0 Å². The van der Waals surface area contributed by atoms with E-state index in [1.165, 1.54) is 0 Å². The predicted molar refractivity (Wildman–Crippen MR) is 124 cm³/mol.